The molecule has 150 valence electrons. The third kappa shape index (κ3) is 2.77. The predicted molar refractivity (Wildman–Crippen MR) is 128 cm³/mol. The van der Waals surface area contributed by atoms with E-state index in [9.17, 15) is 0 Å². The number of fused-ring (bicyclic) bond motifs is 4. The highest BCUT2D eigenvalue weighted by Crippen LogP contribution is 2.36. The van der Waals surface area contributed by atoms with Gasteiger partial charge in [0, 0.05) is 27.9 Å². The lowest BCUT2D eigenvalue weighted by molar-refractivity contribution is 0.624. The second-order valence-electron chi connectivity index (χ2n) is 8.25. The highest BCUT2D eigenvalue weighted by molar-refractivity contribution is 6.09. The Bertz CT molecular complexity index is 1550. The van der Waals surface area contributed by atoms with E-state index in [0.717, 1.165) is 50.0 Å². The van der Waals surface area contributed by atoms with Crippen LogP contribution in [0.15, 0.2) is 95.4 Å². The van der Waals surface area contributed by atoms with Gasteiger partial charge in [-0.25, -0.2) is 4.98 Å². The molecule has 0 atom stereocenters. The maximum Gasteiger partial charge on any atom is 0.143 e. The van der Waals surface area contributed by atoms with Crippen molar-refractivity contribution in [3.05, 3.63) is 91.0 Å². The first kappa shape index (κ1) is 18.0. The van der Waals surface area contributed by atoms with Crippen LogP contribution in [0.4, 0.5) is 0 Å². The molecule has 0 amide bonds. The smallest absolute Gasteiger partial charge is 0.143 e. The summed E-state index contributed by atoms with van der Waals surface area (Å²) in [4.78, 5) is 4.93. The van der Waals surface area contributed by atoms with Crippen molar-refractivity contribution >= 4 is 33.0 Å². The Labute approximate surface area is 180 Å². The maximum atomic E-state index is 6.23. The minimum absolute atomic E-state index is 0.325. The average Bonchev–Trinajstić information content (AvgIpc) is 3.38. The summed E-state index contributed by atoms with van der Waals surface area (Å²) < 4.78 is 8.54. The highest BCUT2D eigenvalue weighted by Gasteiger charge is 2.16. The summed E-state index contributed by atoms with van der Waals surface area (Å²) in [6.07, 6.45) is 0. The lowest BCUT2D eigenvalue weighted by atomic mass is 10.0. The molecule has 31 heavy (non-hydrogen) atoms. The summed E-state index contributed by atoms with van der Waals surface area (Å²) in [5, 5.41) is 2.31. The van der Waals surface area contributed by atoms with Gasteiger partial charge in [-0.05, 0) is 37.6 Å². The van der Waals surface area contributed by atoms with Gasteiger partial charge >= 0.3 is 0 Å². The number of hydrogen-bond donors (Lipinski definition) is 0. The number of nitrogens with zero attached hydrogens (tertiary/aromatic N) is 2. The first-order valence-electron chi connectivity index (χ1n) is 10.7. The minimum atomic E-state index is 0.325. The van der Waals surface area contributed by atoms with Crippen molar-refractivity contribution in [3.63, 3.8) is 0 Å². The summed E-state index contributed by atoms with van der Waals surface area (Å²) in [7, 11) is 0. The molecule has 6 aromatic rings. The number of aromatic nitrogens is 2. The van der Waals surface area contributed by atoms with Gasteiger partial charge in [0.2, 0.25) is 0 Å². The van der Waals surface area contributed by atoms with Crippen LogP contribution >= 0.6 is 0 Å². The van der Waals surface area contributed by atoms with Crippen molar-refractivity contribution in [2.45, 2.75) is 19.9 Å². The van der Waals surface area contributed by atoms with Gasteiger partial charge in [-0.1, -0.05) is 72.8 Å². The van der Waals surface area contributed by atoms with E-state index < -0.39 is 0 Å². The van der Waals surface area contributed by atoms with E-state index in [-0.39, 0.29) is 0 Å². The Kier molecular flexibility index (Phi) is 3.97. The van der Waals surface area contributed by atoms with Crippen LogP contribution in [-0.4, -0.2) is 9.55 Å². The van der Waals surface area contributed by atoms with Crippen LogP contribution in [0.2, 0.25) is 0 Å². The van der Waals surface area contributed by atoms with E-state index in [2.05, 4.69) is 91.2 Å². The first-order valence-corrected chi connectivity index (χ1v) is 10.7. The van der Waals surface area contributed by atoms with E-state index in [0.29, 0.717) is 6.04 Å². The number of hydrogen-bond acceptors (Lipinski definition) is 2. The Morgan fingerprint density at radius 1 is 0.710 bits per heavy atom. The number of furan rings is 1. The summed E-state index contributed by atoms with van der Waals surface area (Å²) in [5.74, 6) is 1.00. The molecule has 0 aliphatic heterocycles. The molecule has 0 spiro atoms. The fraction of sp³-hybridized carbons (Fsp3) is 0.107. The lowest BCUT2D eigenvalue weighted by Gasteiger charge is -2.13. The van der Waals surface area contributed by atoms with Crippen LogP contribution in [0, 0.1) is 0 Å². The Morgan fingerprint density at radius 3 is 2.26 bits per heavy atom. The van der Waals surface area contributed by atoms with E-state index in [1.54, 1.807) is 0 Å². The van der Waals surface area contributed by atoms with Crippen LogP contribution < -0.4 is 0 Å². The molecule has 0 saturated carbocycles. The van der Waals surface area contributed by atoms with Crippen molar-refractivity contribution in [2.75, 3.05) is 0 Å². The molecule has 0 aliphatic carbocycles. The summed E-state index contributed by atoms with van der Waals surface area (Å²) in [6, 6.07) is 31.9. The van der Waals surface area contributed by atoms with Crippen molar-refractivity contribution in [1.82, 2.24) is 9.55 Å². The molecular weight excluding hydrogens is 380 g/mol. The maximum absolute atomic E-state index is 6.23. The Balaban J connectivity index is 1.49. The Hall–Kier alpha value is -3.85. The van der Waals surface area contributed by atoms with Gasteiger partial charge in [-0.2, -0.15) is 0 Å². The van der Waals surface area contributed by atoms with E-state index >= 15 is 0 Å². The normalized spacial score (nSPS) is 11.8. The highest BCUT2D eigenvalue weighted by atomic mass is 16.3. The summed E-state index contributed by atoms with van der Waals surface area (Å²) in [5.41, 5.74) is 7.42. The molecule has 0 aliphatic rings. The molecule has 3 heteroatoms. The first-order chi connectivity index (χ1) is 15.2. The molecular formula is C28H22N2O. The van der Waals surface area contributed by atoms with Crippen molar-refractivity contribution < 1.29 is 4.42 Å². The van der Waals surface area contributed by atoms with Crippen molar-refractivity contribution in [3.8, 4) is 22.5 Å². The molecule has 4 aromatic carbocycles. The number of rotatable bonds is 3. The van der Waals surface area contributed by atoms with Crippen LogP contribution in [-0.2, 0) is 0 Å². The topological polar surface area (TPSA) is 31.0 Å². The van der Waals surface area contributed by atoms with Gasteiger partial charge in [0.25, 0.3) is 0 Å². The standard InChI is InChI=1S/C28H22N2O/c1-18(2)30-25-12-5-4-11-24(25)29-28(30)20-16-14-19(15-17-20)21-9-7-10-23-22-8-3-6-13-26(22)31-27(21)23/h3-18H,1-2H3. The van der Waals surface area contributed by atoms with Gasteiger partial charge < -0.3 is 8.98 Å². The number of para-hydroxylation sites is 4. The van der Waals surface area contributed by atoms with Gasteiger partial charge in [0.15, 0.2) is 0 Å². The second kappa shape index (κ2) is 6.85. The quantitative estimate of drug-likeness (QED) is 0.302. The largest absolute Gasteiger partial charge is 0.455 e. The zero-order chi connectivity index (χ0) is 20.9. The van der Waals surface area contributed by atoms with Crippen LogP contribution in [0.5, 0.6) is 0 Å². The predicted octanol–water partition coefficient (Wildman–Crippen LogP) is 7.85. The minimum Gasteiger partial charge on any atom is -0.455 e. The van der Waals surface area contributed by atoms with E-state index in [1.165, 1.54) is 5.52 Å². The van der Waals surface area contributed by atoms with E-state index in [4.69, 9.17) is 9.40 Å². The van der Waals surface area contributed by atoms with Gasteiger partial charge in [0.1, 0.15) is 17.0 Å². The fourth-order valence-corrected chi connectivity index (χ4v) is 4.54. The summed E-state index contributed by atoms with van der Waals surface area (Å²) >= 11 is 0. The molecule has 0 saturated heterocycles. The van der Waals surface area contributed by atoms with Crippen molar-refractivity contribution in [1.29, 1.82) is 0 Å². The van der Waals surface area contributed by atoms with Gasteiger partial charge in [-0.3, -0.25) is 0 Å². The van der Waals surface area contributed by atoms with Crippen LogP contribution in [0.25, 0.3) is 55.5 Å². The van der Waals surface area contributed by atoms with Crippen LogP contribution in [0.1, 0.15) is 19.9 Å². The van der Waals surface area contributed by atoms with Crippen LogP contribution in [0.3, 0.4) is 0 Å². The molecule has 0 N–H and O–H groups in total. The molecule has 3 nitrogen and oxygen atoms in total. The second-order valence-corrected chi connectivity index (χ2v) is 8.25. The lowest BCUT2D eigenvalue weighted by Crippen LogP contribution is -2.02. The molecule has 6 rings (SSSR count). The molecule has 0 radical (unpaired) electrons. The fourth-order valence-electron chi connectivity index (χ4n) is 4.54. The average molecular weight is 402 g/mol. The molecule has 2 heterocycles. The third-order valence-electron chi connectivity index (χ3n) is 5.97. The number of benzene rings is 4. The zero-order valence-electron chi connectivity index (χ0n) is 17.5. The molecule has 2 aromatic heterocycles. The van der Waals surface area contributed by atoms with Gasteiger partial charge in [-0.15, -0.1) is 0 Å². The molecule has 0 bridgehead atoms. The zero-order valence-corrected chi connectivity index (χ0v) is 17.5. The monoisotopic (exact) mass is 402 g/mol. The Morgan fingerprint density at radius 2 is 1.42 bits per heavy atom. The SMILES string of the molecule is CC(C)n1c(-c2ccc(-c3cccc4c3oc3ccccc34)cc2)nc2ccccc21. The third-order valence-corrected chi connectivity index (χ3v) is 5.97. The molecule has 0 unspecified atom stereocenters. The number of imidazole rings is 1. The molecule has 0 fully saturated rings. The van der Waals surface area contributed by atoms with Crippen molar-refractivity contribution in [2.24, 2.45) is 0 Å². The van der Waals surface area contributed by atoms with Gasteiger partial charge in [0.05, 0.1) is 11.0 Å². The summed E-state index contributed by atoms with van der Waals surface area (Å²) in [6.45, 7) is 4.41. The van der Waals surface area contributed by atoms with E-state index in [1.807, 2.05) is 18.2 Å².